The van der Waals surface area contributed by atoms with E-state index in [-0.39, 0.29) is 0 Å². The van der Waals surface area contributed by atoms with Gasteiger partial charge in [-0.3, -0.25) is 4.68 Å². The van der Waals surface area contributed by atoms with Crippen LogP contribution in [-0.4, -0.2) is 14.8 Å². The number of rotatable bonds is 2. The molecule has 14 heavy (non-hydrogen) atoms. The van der Waals surface area contributed by atoms with Crippen molar-refractivity contribution in [2.45, 2.75) is 6.42 Å². The quantitative estimate of drug-likeness (QED) is 0.715. The maximum absolute atomic E-state index is 5.68. The fourth-order valence-electron chi connectivity index (χ4n) is 1.37. The van der Waals surface area contributed by atoms with Gasteiger partial charge in [0.1, 0.15) is 12.2 Å². The molecule has 1 aromatic carbocycles. The van der Waals surface area contributed by atoms with Crippen LogP contribution in [0.25, 0.3) is 0 Å². The van der Waals surface area contributed by atoms with Gasteiger partial charge in [0.25, 0.3) is 0 Å². The monoisotopic (exact) mass is 188 g/mol. The van der Waals surface area contributed by atoms with Crippen molar-refractivity contribution in [3.8, 4) is 0 Å². The molecule has 0 saturated carbocycles. The average molecular weight is 188 g/mol. The summed E-state index contributed by atoms with van der Waals surface area (Å²) in [6, 6.07) is 7.81. The Morgan fingerprint density at radius 1 is 1.43 bits per heavy atom. The highest BCUT2D eigenvalue weighted by Gasteiger charge is 2.01. The molecule has 0 aliphatic heterocycles. The first-order chi connectivity index (χ1) is 6.75. The molecule has 2 rings (SSSR count). The zero-order valence-electron chi connectivity index (χ0n) is 8.01. The zero-order valence-corrected chi connectivity index (χ0v) is 8.01. The second kappa shape index (κ2) is 3.49. The van der Waals surface area contributed by atoms with Gasteiger partial charge in [-0.15, -0.1) is 0 Å². The van der Waals surface area contributed by atoms with Crippen molar-refractivity contribution in [1.29, 1.82) is 0 Å². The lowest BCUT2D eigenvalue weighted by molar-refractivity contribution is 0.716. The van der Waals surface area contributed by atoms with E-state index in [1.165, 1.54) is 0 Å². The standard InChI is InChI=1S/C10H12N4/c1-14-10(12-7-13-14)6-8-3-2-4-9(11)5-8/h2-5,7H,6,11H2,1H3. The van der Waals surface area contributed by atoms with Crippen molar-refractivity contribution < 1.29 is 0 Å². The number of hydrogen-bond donors (Lipinski definition) is 1. The molecule has 0 saturated heterocycles. The molecule has 0 aliphatic rings. The van der Waals surface area contributed by atoms with Crippen molar-refractivity contribution >= 4 is 5.69 Å². The molecule has 4 heteroatoms. The summed E-state index contributed by atoms with van der Waals surface area (Å²) in [6.45, 7) is 0. The number of benzene rings is 1. The Kier molecular flexibility index (Phi) is 2.18. The van der Waals surface area contributed by atoms with Crippen LogP contribution in [0.3, 0.4) is 0 Å². The molecule has 0 unspecified atom stereocenters. The summed E-state index contributed by atoms with van der Waals surface area (Å²) < 4.78 is 1.77. The molecule has 1 aromatic heterocycles. The summed E-state index contributed by atoms with van der Waals surface area (Å²) >= 11 is 0. The average Bonchev–Trinajstić information content (AvgIpc) is 2.52. The Bertz CT molecular complexity index is 433. The predicted molar refractivity (Wildman–Crippen MR) is 54.7 cm³/mol. The molecule has 72 valence electrons. The molecular formula is C10H12N4. The molecule has 1 heterocycles. The molecule has 0 spiro atoms. The Balaban J connectivity index is 2.23. The molecular weight excluding hydrogens is 176 g/mol. The second-order valence-corrected chi connectivity index (χ2v) is 3.22. The number of nitrogens with two attached hydrogens (primary N) is 1. The maximum atomic E-state index is 5.68. The minimum Gasteiger partial charge on any atom is -0.399 e. The molecule has 0 fully saturated rings. The fraction of sp³-hybridized carbons (Fsp3) is 0.200. The van der Waals surface area contributed by atoms with Crippen LogP contribution in [0.15, 0.2) is 30.6 Å². The van der Waals surface area contributed by atoms with Crippen LogP contribution < -0.4 is 5.73 Å². The third kappa shape index (κ3) is 1.74. The van der Waals surface area contributed by atoms with Gasteiger partial charge in [0, 0.05) is 19.2 Å². The van der Waals surface area contributed by atoms with Crippen LogP contribution in [0, 0.1) is 0 Å². The summed E-state index contributed by atoms with van der Waals surface area (Å²) in [5, 5.41) is 4.01. The molecule has 0 bridgehead atoms. The van der Waals surface area contributed by atoms with E-state index in [2.05, 4.69) is 10.1 Å². The van der Waals surface area contributed by atoms with Gasteiger partial charge in [-0.25, -0.2) is 4.98 Å². The van der Waals surface area contributed by atoms with Gasteiger partial charge in [0.15, 0.2) is 0 Å². The lowest BCUT2D eigenvalue weighted by Crippen LogP contribution is -2.00. The predicted octanol–water partition coefficient (Wildman–Crippen LogP) is 0.988. The van der Waals surface area contributed by atoms with Crippen LogP contribution >= 0.6 is 0 Å². The number of anilines is 1. The van der Waals surface area contributed by atoms with E-state index in [0.29, 0.717) is 0 Å². The Hall–Kier alpha value is -1.84. The first-order valence-corrected chi connectivity index (χ1v) is 4.43. The van der Waals surface area contributed by atoms with Crippen LogP contribution in [0.1, 0.15) is 11.4 Å². The summed E-state index contributed by atoms with van der Waals surface area (Å²) in [5.41, 5.74) is 7.62. The number of nitrogens with zero attached hydrogens (tertiary/aromatic N) is 3. The van der Waals surface area contributed by atoms with Gasteiger partial charge >= 0.3 is 0 Å². The molecule has 2 aromatic rings. The Morgan fingerprint density at radius 3 is 2.93 bits per heavy atom. The lowest BCUT2D eigenvalue weighted by atomic mass is 10.1. The highest BCUT2D eigenvalue weighted by atomic mass is 15.3. The van der Waals surface area contributed by atoms with Gasteiger partial charge in [-0.2, -0.15) is 5.10 Å². The Morgan fingerprint density at radius 2 is 2.29 bits per heavy atom. The summed E-state index contributed by atoms with van der Waals surface area (Å²) in [6.07, 6.45) is 2.32. The number of aromatic nitrogens is 3. The van der Waals surface area contributed by atoms with E-state index >= 15 is 0 Å². The maximum Gasteiger partial charge on any atom is 0.138 e. The first-order valence-electron chi connectivity index (χ1n) is 4.43. The Labute approximate surface area is 82.4 Å². The van der Waals surface area contributed by atoms with Crippen molar-refractivity contribution in [2.75, 3.05) is 5.73 Å². The van der Waals surface area contributed by atoms with Gasteiger partial charge in [-0.05, 0) is 17.7 Å². The van der Waals surface area contributed by atoms with Crippen molar-refractivity contribution in [3.63, 3.8) is 0 Å². The number of aryl methyl sites for hydroxylation is 1. The van der Waals surface area contributed by atoms with Gasteiger partial charge < -0.3 is 5.73 Å². The smallest absolute Gasteiger partial charge is 0.138 e. The van der Waals surface area contributed by atoms with E-state index < -0.39 is 0 Å². The lowest BCUT2D eigenvalue weighted by Gasteiger charge is -2.01. The normalized spacial score (nSPS) is 10.4. The fourth-order valence-corrected chi connectivity index (χ4v) is 1.37. The first kappa shape index (κ1) is 8.74. The SMILES string of the molecule is Cn1ncnc1Cc1cccc(N)c1. The third-order valence-corrected chi connectivity index (χ3v) is 2.12. The number of hydrogen-bond acceptors (Lipinski definition) is 3. The topological polar surface area (TPSA) is 56.7 Å². The minimum absolute atomic E-state index is 0.765. The summed E-state index contributed by atoms with van der Waals surface area (Å²) in [4.78, 5) is 4.15. The highest BCUT2D eigenvalue weighted by Crippen LogP contribution is 2.10. The molecule has 2 N–H and O–H groups in total. The molecule has 0 radical (unpaired) electrons. The van der Waals surface area contributed by atoms with E-state index in [1.54, 1.807) is 11.0 Å². The second-order valence-electron chi connectivity index (χ2n) is 3.22. The number of nitrogen functional groups attached to an aromatic ring is 1. The summed E-state index contributed by atoms with van der Waals surface area (Å²) in [5.74, 6) is 0.940. The minimum atomic E-state index is 0.765. The van der Waals surface area contributed by atoms with E-state index in [1.807, 2.05) is 31.3 Å². The van der Waals surface area contributed by atoms with Crippen LogP contribution in [-0.2, 0) is 13.5 Å². The molecule has 0 aliphatic carbocycles. The third-order valence-electron chi connectivity index (χ3n) is 2.12. The van der Waals surface area contributed by atoms with E-state index in [0.717, 1.165) is 23.5 Å². The van der Waals surface area contributed by atoms with Gasteiger partial charge in [-0.1, -0.05) is 12.1 Å². The van der Waals surface area contributed by atoms with Crippen molar-refractivity contribution in [3.05, 3.63) is 42.0 Å². The van der Waals surface area contributed by atoms with Crippen LogP contribution in [0.2, 0.25) is 0 Å². The molecule has 4 nitrogen and oxygen atoms in total. The van der Waals surface area contributed by atoms with Crippen LogP contribution in [0.4, 0.5) is 5.69 Å². The largest absolute Gasteiger partial charge is 0.399 e. The molecule has 0 atom stereocenters. The van der Waals surface area contributed by atoms with E-state index in [4.69, 9.17) is 5.73 Å². The van der Waals surface area contributed by atoms with Crippen molar-refractivity contribution in [2.24, 2.45) is 7.05 Å². The van der Waals surface area contributed by atoms with E-state index in [9.17, 15) is 0 Å². The summed E-state index contributed by atoms with van der Waals surface area (Å²) in [7, 11) is 1.88. The zero-order chi connectivity index (χ0) is 9.97. The van der Waals surface area contributed by atoms with Gasteiger partial charge in [0.05, 0.1) is 0 Å². The molecule has 0 amide bonds. The van der Waals surface area contributed by atoms with Crippen molar-refractivity contribution in [1.82, 2.24) is 14.8 Å². The van der Waals surface area contributed by atoms with Gasteiger partial charge in [0.2, 0.25) is 0 Å². The highest BCUT2D eigenvalue weighted by molar-refractivity contribution is 5.41. The van der Waals surface area contributed by atoms with Crippen LogP contribution in [0.5, 0.6) is 0 Å².